The summed E-state index contributed by atoms with van der Waals surface area (Å²) in [6.45, 7) is 7.68. The monoisotopic (exact) mass is 288 g/mol. The van der Waals surface area contributed by atoms with Crippen LogP contribution in [-0.4, -0.2) is 24.5 Å². The zero-order valence-corrected chi connectivity index (χ0v) is 14.1. The lowest BCUT2D eigenvalue weighted by molar-refractivity contribution is 0.228. The normalized spacial score (nSPS) is 16.8. The minimum absolute atomic E-state index is 0.548. The Morgan fingerprint density at radius 3 is 2.29 bits per heavy atom. The van der Waals surface area contributed by atoms with E-state index in [0.29, 0.717) is 6.04 Å². The Hall–Kier alpha value is -0.860. The molecule has 1 aromatic carbocycles. The van der Waals surface area contributed by atoms with Gasteiger partial charge in [0.1, 0.15) is 0 Å². The van der Waals surface area contributed by atoms with Gasteiger partial charge in [0.05, 0.1) is 0 Å². The summed E-state index contributed by atoms with van der Waals surface area (Å²) in [6, 6.07) is 9.65. The number of rotatable bonds is 7. The molecule has 0 bridgehead atoms. The predicted octanol–water partition coefficient (Wildman–Crippen LogP) is 4.20. The van der Waals surface area contributed by atoms with Gasteiger partial charge in [0.2, 0.25) is 0 Å². The molecule has 1 aliphatic rings. The SMILES string of the molecule is CC(C)NCc1ccc(CN(C)CC2CCCCC2)cc1. The van der Waals surface area contributed by atoms with Gasteiger partial charge in [0.25, 0.3) is 0 Å². The number of nitrogens with zero attached hydrogens (tertiary/aromatic N) is 1. The highest BCUT2D eigenvalue weighted by molar-refractivity contribution is 5.22. The van der Waals surface area contributed by atoms with Crippen LogP contribution in [0.15, 0.2) is 24.3 Å². The van der Waals surface area contributed by atoms with Crippen LogP contribution in [0.5, 0.6) is 0 Å². The Bertz CT molecular complexity index is 391. The Kier molecular flexibility index (Phi) is 6.72. The van der Waals surface area contributed by atoms with E-state index in [1.54, 1.807) is 0 Å². The molecule has 0 aromatic heterocycles. The van der Waals surface area contributed by atoms with Gasteiger partial charge in [-0.25, -0.2) is 0 Å². The fourth-order valence-corrected chi connectivity index (χ4v) is 3.27. The molecule has 2 nitrogen and oxygen atoms in total. The molecule has 2 heteroatoms. The molecule has 0 spiro atoms. The maximum absolute atomic E-state index is 3.47. The van der Waals surface area contributed by atoms with Crippen molar-refractivity contribution in [2.75, 3.05) is 13.6 Å². The predicted molar refractivity (Wildman–Crippen MR) is 91.3 cm³/mol. The molecule has 1 aliphatic carbocycles. The van der Waals surface area contributed by atoms with Crippen molar-refractivity contribution >= 4 is 0 Å². The highest BCUT2D eigenvalue weighted by Crippen LogP contribution is 2.24. The van der Waals surface area contributed by atoms with Crippen LogP contribution in [-0.2, 0) is 13.1 Å². The van der Waals surface area contributed by atoms with Crippen LogP contribution in [0.3, 0.4) is 0 Å². The molecule has 0 amide bonds. The molecule has 0 aliphatic heterocycles. The van der Waals surface area contributed by atoms with Crippen LogP contribution in [0.4, 0.5) is 0 Å². The third-order valence-electron chi connectivity index (χ3n) is 4.48. The number of benzene rings is 1. The van der Waals surface area contributed by atoms with E-state index in [4.69, 9.17) is 0 Å². The third kappa shape index (κ3) is 6.19. The van der Waals surface area contributed by atoms with Gasteiger partial charge in [-0.15, -0.1) is 0 Å². The fourth-order valence-electron chi connectivity index (χ4n) is 3.27. The number of hydrogen-bond donors (Lipinski definition) is 1. The first-order chi connectivity index (χ1) is 10.1. The summed E-state index contributed by atoms with van der Waals surface area (Å²) in [4.78, 5) is 2.50. The van der Waals surface area contributed by atoms with Gasteiger partial charge in [0, 0.05) is 25.7 Å². The molecule has 21 heavy (non-hydrogen) atoms. The van der Waals surface area contributed by atoms with E-state index in [1.807, 2.05) is 0 Å². The molecule has 0 heterocycles. The van der Waals surface area contributed by atoms with Gasteiger partial charge in [-0.05, 0) is 36.9 Å². The molecule has 1 aromatic rings. The Morgan fingerprint density at radius 1 is 1.05 bits per heavy atom. The van der Waals surface area contributed by atoms with Crippen molar-refractivity contribution in [3.05, 3.63) is 35.4 Å². The first kappa shape index (κ1) is 16.5. The number of nitrogens with one attached hydrogen (secondary N) is 1. The minimum atomic E-state index is 0.548. The van der Waals surface area contributed by atoms with E-state index in [1.165, 1.54) is 49.8 Å². The fraction of sp³-hybridized carbons (Fsp3) is 0.684. The molecule has 118 valence electrons. The van der Waals surface area contributed by atoms with Crippen molar-refractivity contribution in [2.45, 2.75) is 65.1 Å². The molecule has 1 saturated carbocycles. The highest BCUT2D eigenvalue weighted by Gasteiger charge is 2.15. The molecular weight excluding hydrogens is 256 g/mol. The van der Waals surface area contributed by atoms with Crippen LogP contribution in [0, 0.1) is 5.92 Å². The van der Waals surface area contributed by atoms with Gasteiger partial charge in [-0.1, -0.05) is 57.4 Å². The summed E-state index contributed by atoms with van der Waals surface area (Å²) < 4.78 is 0. The molecular formula is C19H32N2. The topological polar surface area (TPSA) is 15.3 Å². The van der Waals surface area contributed by atoms with Crippen molar-refractivity contribution in [1.29, 1.82) is 0 Å². The largest absolute Gasteiger partial charge is 0.310 e. The minimum Gasteiger partial charge on any atom is -0.310 e. The lowest BCUT2D eigenvalue weighted by Gasteiger charge is -2.27. The van der Waals surface area contributed by atoms with Crippen molar-refractivity contribution in [2.24, 2.45) is 5.92 Å². The second-order valence-corrected chi connectivity index (χ2v) is 7.05. The first-order valence-electron chi connectivity index (χ1n) is 8.63. The summed E-state index contributed by atoms with van der Waals surface area (Å²) in [6.07, 6.45) is 7.20. The molecule has 2 rings (SSSR count). The van der Waals surface area contributed by atoms with E-state index in [9.17, 15) is 0 Å². The maximum atomic E-state index is 3.47. The van der Waals surface area contributed by atoms with Gasteiger partial charge in [-0.3, -0.25) is 0 Å². The average Bonchev–Trinajstić information content (AvgIpc) is 2.47. The van der Waals surface area contributed by atoms with Crippen molar-refractivity contribution < 1.29 is 0 Å². The van der Waals surface area contributed by atoms with E-state index < -0.39 is 0 Å². The molecule has 0 radical (unpaired) electrons. The first-order valence-corrected chi connectivity index (χ1v) is 8.63. The Labute approximate surface area is 130 Å². The zero-order chi connectivity index (χ0) is 15.1. The van der Waals surface area contributed by atoms with Crippen LogP contribution in [0.25, 0.3) is 0 Å². The van der Waals surface area contributed by atoms with Gasteiger partial charge >= 0.3 is 0 Å². The maximum Gasteiger partial charge on any atom is 0.0230 e. The summed E-state index contributed by atoms with van der Waals surface area (Å²) in [7, 11) is 2.27. The summed E-state index contributed by atoms with van der Waals surface area (Å²) >= 11 is 0. The highest BCUT2D eigenvalue weighted by atomic mass is 15.1. The molecule has 0 saturated heterocycles. The molecule has 1 fully saturated rings. The summed E-state index contributed by atoms with van der Waals surface area (Å²) in [5.74, 6) is 0.929. The van der Waals surface area contributed by atoms with E-state index in [0.717, 1.165) is 19.0 Å². The van der Waals surface area contributed by atoms with Crippen LogP contribution >= 0.6 is 0 Å². The third-order valence-corrected chi connectivity index (χ3v) is 4.48. The molecule has 0 unspecified atom stereocenters. The van der Waals surface area contributed by atoms with E-state index in [-0.39, 0.29) is 0 Å². The zero-order valence-electron chi connectivity index (χ0n) is 14.1. The lowest BCUT2D eigenvalue weighted by atomic mass is 9.89. The van der Waals surface area contributed by atoms with Crippen molar-refractivity contribution in [1.82, 2.24) is 10.2 Å². The van der Waals surface area contributed by atoms with Crippen LogP contribution in [0.2, 0.25) is 0 Å². The summed E-state index contributed by atoms with van der Waals surface area (Å²) in [5.41, 5.74) is 2.81. The summed E-state index contributed by atoms with van der Waals surface area (Å²) in [5, 5.41) is 3.47. The standard InChI is InChI=1S/C19H32N2/c1-16(2)20-13-17-9-11-19(12-10-17)15-21(3)14-18-7-5-4-6-8-18/h9-12,16,18,20H,4-8,13-15H2,1-3H3. The number of hydrogen-bond acceptors (Lipinski definition) is 2. The molecule has 1 N–H and O–H groups in total. The van der Waals surface area contributed by atoms with Gasteiger partial charge in [-0.2, -0.15) is 0 Å². The second kappa shape index (κ2) is 8.55. The van der Waals surface area contributed by atoms with Crippen LogP contribution < -0.4 is 5.32 Å². The van der Waals surface area contributed by atoms with Gasteiger partial charge in [0.15, 0.2) is 0 Å². The Balaban J connectivity index is 1.76. The van der Waals surface area contributed by atoms with E-state index in [2.05, 4.69) is 55.4 Å². The van der Waals surface area contributed by atoms with Crippen molar-refractivity contribution in [3.63, 3.8) is 0 Å². The second-order valence-electron chi connectivity index (χ2n) is 7.05. The lowest BCUT2D eigenvalue weighted by Crippen LogP contribution is -2.26. The van der Waals surface area contributed by atoms with Gasteiger partial charge < -0.3 is 10.2 Å². The van der Waals surface area contributed by atoms with Crippen LogP contribution in [0.1, 0.15) is 57.1 Å². The Morgan fingerprint density at radius 2 is 1.67 bits per heavy atom. The molecule has 0 atom stereocenters. The quantitative estimate of drug-likeness (QED) is 0.809. The smallest absolute Gasteiger partial charge is 0.0230 e. The van der Waals surface area contributed by atoms with E-state index >= 15 is 0 Å². The van der Waals surface area contributed by atoms with Crippen molar-refractivity contribution in [3.8, 4) is 0 Å². The average molecular weight is 288 g/mol.